The maximum Gasteiger partial charge on any atom is 0.416 e. The van der Waals surface area contributed by atoms with Crippen molar-refractivity contribution in [2.24, 2.45) is 0 Å². The molecule has 0 amide bonds. The van der Waals surface area contributed by atoms with Gasteiger partial charge in [0.15, 0.2) is 6.29 Å². The first-order valence-corrected chi connectivity index (χ1v) is 9.01. The Kier molecular flexibility index (Phi) is 6.40. The molecule has 3 rings (SSSR count). The van der Waals surface area contributed by atoms with E-state index in [9.17, 15) is 30.7 Å². The van der Waals surface area contributed by atoms with Crippen LogP contribution in [0.2, 0.25) is 0 Å². The summed E-state index contributed by atoms with van der Waals surface area (Å²) in [5.41, 5.74) is -2.51. The molecule has 0 aliphatic carbocycles. The van der Waals surface area contributed by atoms with Crippen LogP contribution in [-0.2, 0) is 21.8 Å². The predicted molar refractivity (Wildman–Crippen MR) is 92.8 cm³/mol. The minimum atomic E-state index is -4.86. The minimum Gasteiger partial charge on any atom is -0.349 e. The lowest BCUT2D eigenvalue weighted by molar-refractivity contribution is -0.202. The molecule has 0 bridgehead atoms. The summed E-state index contributed by atoms with van der Waals surface area (Å²) >= 11 is 0. The zero-order valence-electron chi connectivity index (χ0n) is 15.6. The van der Waals surface area contributed by atoms with Crippen molar-refractivity contribution in [2.45, 2.75) is 37.7 Å². The van der Waals surface area contributed by atoms with Gasteiger partial charge in [-0.25, -0.2) is 4.39 Å². The summed E-state index contributed by atoms with van der Waals surface area (Å²) in [6.07, 6.45) is -12.1. The van der Waals surface area contributed by atoms with E-state index < -0.39 is 53.3 Å². The van der Waals surface area contributed by atoms with E-state index in [4.69, 9.17) is 9.47 Å². The van der Waals surface area contributed by atoms with Gasteiger partial charge in [0.2, 0.25) is 0 Å². The highest BCUT2D eigenvalue weighted by Crippen LogP contribution is 2.40. The van der Waals surface area contributed by atoms with Crippen LogP contribution in [0.3, 0.4) is 0 Å². The van der Waals surface area contributed by atoms with Crippen LogP contribution in [0.5, 0.6) is 0 Å². The number of hydrogen-bond acceptors (Lipinski definition) is 3. The second-order valence-electron chi connectivity index (χ2n) is 6.80. The molecule has 3 nitrogen and oxygen atoms in total. The van der Waals surface area contributed by atoms with E-state index in [1.165, 1.54) is 31.2 Å². The molecule has 1 N–H and O–H groups in total. The summed E-state index contributed by atoms with van der Waals surface area (Å²) in [7, 11) is 0. The summed E-state index contributed by atoms with van der Waals surface area (Å²) in [4.78, 5) is 0. The Hall–Kier alpha value is -2.17. The number of ether oxygens (including phenoxy) is 2. The summed E-state index contributed by atoms with van der Waals surface area (Å²) in [6, 6.07) is 5.94. The first-order valence-electron chi connectivity index (χ1n) is 9.01. The van der Waals surface area contributed by atoms with Crippen molar-refractivity contribution in [1.29, 1.82) is 0 Å². The van der Waals surface area contributed by atoms with Gasteiger partial charge >= 0.3 is 12.4 Å². The monoisotopic (exact) mass is 437 g/mol. The first-order chi connectivity index (χ1) is 14.0. The van der Waals surface area contributed by atoms with E-state index in [2.05, 4.69) is 5.32 Å². The van der Waals surface area contributed by atoms with Crippen LogP contribution in [0.25, 0.3) is 0 Å². The fourth-order valence-electron chi connectivity index (χ4n) is 3.25. The molecule has 0 saturated carbocycles. The van der Waals surface area contributed by atoms with Gasteiger partial charge in [-0.3, -0.25) is 0 Å². The fraction of sp³-hybridized carbons (Fsp3) is 0.400. The zero-order chi connectivity index (χ0) is 22.1. The van der Waals surface area contributed by atoms with E-state index in [0.717, 1.165) is 0 Å². The standard InChI is InChI=1S/C20H18F7NO2/c1-11(15-10-13(19(22,23)24)4-7-16(15)20(25,26)27)30-18-17(28-8-9-29-18)12-2-5-14(21)6-3-12/h2-7,10-11,17-18,28H,8-9H2,1H3. The fourth-order valence-corrected chi connectivity index (χ4v) is 3.25. The number of benzene rings is 2. The maximum atomic E-state index is 13.4. The van der Waals surface area contributed by atoms with Gasteiger partial charge in [0.25, 0.3) is 0 Å². The molecule has 30 heavy (non-hydrogen) atoms. The number of halogens is 7. The van der Waals surface area contributed by atoms with Crippen LogP contribution in [-0.4, -0.2) is 19.4 Å². The van der Waals surface area contributed by atoms with Gasteiger partial charge in [-0.2, -0.15) is 26.3 Å². The highest BCUT2D eigenvalue weighted by Gasteiger charge is 2.39. The molecule has 0 radical (unpaired) electrons. The Bertz CT molecular complexity index is 865. The van der Waals surface area contributed by atoms with Gasteiger partial charge in [0.05, 0.1) is 29.9 Å². The Morgan fingerprint density at radius 1 is 1.00 bits per heavy atom. The largest absolute Gasteiger partial charge is 0.416 e. The second-order valence-corrected chi connectivity index (χ2v) is 6.80. The van der Waals surface area contributed by atoms with Gasteiger partial charge < -0.3 is 14.8 Å². The molecule has 1 aliphatic heterocycles. The lowest BCUT2D eigenvalue weighted by Gasteiger charge is -2.35. The molecule has 1 saturated heterocycles. The Balaban J connectivity index is 1.91. The summed E-state index contributed by atoms with van der Waals surface area (Å²) < 4.78 is 104. The Morgan fingerprint density at radius 3 is 2.27 bits per heavy atom. The predicted octanol–water partition coefficient (Wildman–Crippen LogP) is 5.63. The molecular weight excluding hydrogens is 419 g/mol. The van der Waals surface area contributed by atoms with Gasteiger partial charge in [-0.05, 0) is 48.4 Å². The highest BCUT2D eigenvalue weighted by molar-refractivity contribution is 5.37. The van der Waals surface area contributed by atoms with Crippen LogP contribution < -0.4 is 5.32 Å². The molecule has 1 fully saturated rings. The Labute approximate surface area is 167 Å². The van der Waals surface area contributed by atoms with E-state index >= 15 is 0 Å². The maximum absolute atomic E-state index is 13.4. The SMILES string of the molecule is CC(OC1OCCNC1c1ccc(F)cc1)c1cc(C(F)(F)F)ccc1C(F)(F)F. The molecule has 3 unspecified atom stereocenters. The lowest BCUT2D eigenvalue weighted by atomic mass is 9.99. The third-order valence-corrected chi connectivity index (χ3v) is 4.71. The normalized spacial score (nSPS) is 21.5. The molecule has 2 aromatic rings. The molecule has 0 spiro atoms. The average Bonchev–Trinajstić information content (AvgIpc) is 2.67. The van der Waals surface area contributed by atoms with E-state index in [0.29, 0.717) is 30.3 Å². The average molecular weight is 437 g/mol. The first kappa shape index (κ1) is 22.5. The van der Waals surface area contributed by atoms with Crippen molar-refractivity contribution < 1.29 is 40.2 Å². The third-order valence-electron chi connectivity index (χ3n) is 4.71. The van der Waals surface area contributed by atoms with Crippen molar-refractivity contribution in [2.75, 3.05) is 13.2 Å². The molecule has 0 aromatic heterocycles. The molecule has 10 heteroatoms. The van der Waals surface area contributed by atoms with E-state index in [-0.39, 0.29) is 6.61 Å². The topological polar surface area (TPSA) is 30.5 Å². The van der Waals surface area contributed by atoms with Crippen molar-refractivity contribution in [3.63, 3.8) is 0 Å². The number of morpholine rings is 1. The number of rotatable bonds is 4. The summed E-state index contributed by atoms with van der Waals surface area (Å²) in [5, 5.41) is 3.07. The summed E-state index contributed by atoms with van der Waals surface area (Å²) in [5.74, 6) is -0.472. The molecule has 1 aliphatic rings. The third kappa shape index (κ3) is 5.11. The van der Waals surface area contributed by atoms with Gasteiger partial charge in [0.1, 0.15) is 5.82 Å². The summed E-state index contributed by atoms with van der Waals surface area (Å²) in [6.45, 7) is 1.82. The number of nitrogens with one attached hydrogen (secondary N) is 1. The molecule has 1 heterocycles. The minimum absolute atomic E-state index is 0.184. The van der Waals surface area contributed by atoms with Crippen LogP contribution in [0.15, 0.2) is 42.5 Å². The van der Waals surface area contributed by atoms with Crippen molar-refractivity contribution in [1.82, 2.24) is 5.32 Å². The van der Waals surface area contributed by atoms with Crippen molar-refractivity contribution in [3.8, 4) is 0 Å². The number of alkyl halides is 6. The van der Waals surface area contributed by atoms with Gasteiger partial charge in [-0.1, -0.05) is 12.1 Å². The zero-order valence-corrected chi connectivity index (χ0v) is 15.6. The number of hydrogen-bond donors (Lipinski definition) is 1. The molecular formula is C20H18F7NO2. The van der Waals surface area contributed by atoms with E-state index in [1.807, 2.05) is 0 Å². The quantitative estimate of drug-likeness (QED) is 0.630. The van der Waals surface area contributed by atoms with Crippen LogP contribution in [0, 0.1) is 5.82 Å². The smallest absolute Gasteiger partial charge is 0.349 e. The highest BCUT2D eigenvalue weighted by atomic mass is 19.4. The van der Waals surface area contributed by atoms with E-state index in [1.54, 1.807) is 0 Å². The van der Waals surface area contributed by atoms with Crippen molar-refractivity contribution in [3.05, 3.63) is 70.5 Å². The lowest BCUT2D eigenvalue weighted by Crippen LogP contribution is -2.43. The van der Waals surface area contributed by atoms with Gasteiger partial charge in [0, 0.05) is 6.54 Å². The molecule has 3 atom stereocenters. The Morgan fingerprint density at radius 2 is 1.67 bits per heavy atom. The van der Waals surface area contributed by atoms with Crippen LogP contribution in [0.4, 0.5) is 30.7 Å². The van der Waals surface area contributed by atoms with Gasteiger partial charge in [-0.15, -0.1) is 0 Å². The second kappa shape index (κ2) is 8.52. The molecule has 2 aromatic carbocycles. The van der Waals surface area contributed by atoms with Crippen LogP contribution >= 0.6 is 0 Å². The molecule has 164 valence electrons. The van der Waals surface area contributed by atoms with Crippen molar-refractivity contribution >= 4 is 0 Å². The van der Waals surface area contributed by atoms with Crippen LogP contribution in [0.1, 0.15) is 41.3 Å².